The van der Waals surface area contributed by atoms with Crippen LogP contribution in [0.2, 0.25) is 0 Å². The van der Waals surface area contributed by atoms with Crippen molar-refractivity contribution in [2.75, 3.05) is 43.4 Å². The Morgan fingerprint density at radius 2 is 1.82 bits per heavy atom. The maximum absolute atomic E-state index is 15.2. The number of fused-ring (bicyclic) bond motifs is 1. The number of nitrogens with zero attached hydrogens (tertiary/aromatic N) is 5. The van der Waals surface area contributed by atoms with Gasteiger partial charge >= 0.3 is 18.0 Å². The number of H-pyrrole nitrogens is 1. The molecule has 0 saturated carbocycles. The third kappa shape index (κ3) is 5.72. The van der Waals surface area contributed by atoms with Crippen LogP contribution in [0.4, 0.5) is 32.2 Å². The van der Waals surface area contributed by atoms with Crippen LogP contribution in [0.5, 0.6) is 0 Å². The number of aromatic nitrogens is 3. The number of piperazine rings is 1. The molecule has 0 aliphatic carbocycles. The van der Waals surface area contributed by atoms with Crippen LogP contribution in [0.15, 0.2) is 50.8 Å². The number of halogens is 6. The maximum atomic E-state index is 15.2. The minimum absolute atomic E-state index is 0.0139. The second-order valence-electron chi connectivity index (χ2n) is 13.1. The second kappa shape index (κ2) is 11.6. The predicted molar refractivity (Wildman–Crippen MR) is 176 cm³/mol. The molecule has 17 heteroatoms. The summed E-state index contributed by atoms with van der Waals surface area (Å²) in [4.78, 5) is 51.2. The summed E-state index contributed by atoms with van der Waals surface area (Å²) in [7, 11) is 0. The minimum Gasteiger partial charge on any atom is -0.352 e. The zero-order chi connectivity index (χ0) is 35.2. The van der Waals surface area contributed by atoms with E-state index < -0.39 is 53.2 Å². The highest BCUT2D eigenvalue weighted by molar-refractivity contribution is 7.99. The number of alkyl halides is 6. The van der Waals surface area contributed by atoms with Crippen LogP contribution in [0.3, 0.4) is 0 Å². The van der Waals surface area contributed by atoms with Gasteiger partial charge in [0.1, 0.15) is 5.82 Å². The highest BCUT2D eigenvalue weighted by atomic mass is 32.2. The number of aromatic amines is 1. The van der Waals surface area contributed by atoms with E-state index in [2.05, 4.69) is 16.5 Å². The van der Waals surface area contributed by atoms with Gasteiger partial charge in [0.2, 0.25) is 5.91 Å². The van der Waals surface area contributed by atoms with Gasteiger partial charge in [0.05, 0.1) is 23.0 Å². The van der Waals surface area contributed by atoms with Gasteiger partial charge in [-0.25, -0.2) is 4.79 Å². The molecule has 3 aliphatic rings. The summed E-state index contributed by atoms with van der Waals surface area (Å²) in [6.45, 7) is 6.25. The molecule has 6 heterocycles. The van der Waals surface area contributed by atoms with E-state index in [0.717, 1.165) is 29.2 Å². The summed E-state index contributed by atoms with van der Waals surface area (Å²) in [6.07, 6.45) is -6.74. The molecule has 3 aliphatic heterocycles. The van der Waals surface area contributed by atoms with Crippen LogP contribution in [0.25, 0.3) is 32.1 Å². The number of carbonyl (C=O) groups is 1. The van der Waals surface area contributed by atoms with Gasteiger partial charge in [0.15, 0.2) is 0 Å². The van der Waals surface area contributed by atoms with Gasteiger partial charge in [0, 0.05) is 93.7 Å². The number of pyridine rings is 1. The van der Waals surface area contributed by atoms with E-state index >= 15 is 13.2 Å². The standard InChI is InChI=1S/C32H30F6N6O3S2/c1-4-22(45)44-16(2)8-42(9-17(44)3)27-18-7-20(32(36,37)38)23(19-10-48-21-5-6-39-28(46)24(19)21)26-25(18)43(29(47)40-27)13-30(15-49-26)11-41(12-30)14-31(33,34)35/h4-7,10,16-17H,1,8-9,11-15H2,2-3H3,(H,39,46)/t16-,17+. The molecule has 4 aromatic rings. The number of hydrogen-bond donors (Lipinski definition) is 1. The Morgan fingerprint density at radius 1 is 1.12 bits per heavy atom. The van der Waals surface area contributed by atoms with Crippen LogP contribution < -0.4 is 16.1 Å². The molecular weight excluding hydrogens is 695 g/mol. The highest BCUT2D eigenvalue weighted by Gasteiger charge is 2.49. The molecule has 260 valence electrons. The van der Waals surface area contributed by atoms with Crippen molar-refractivity contribution in [2.24, 2.45) is 5.41 Å². The number of anilines is 1. The molecule has 1 amide bonds. The number of rotatable bonds is 4. The van der Waals surface area contributed by atoms with Gasteiger partial charge in [-0.05, 0) is 32.1 Å². The average molecular weight is 725 g/mol. The lowest BCUT2D eigenvalue weighted by Crippen LogP contribution is -2.61. The van der Waals surface area contributed by atoms with Crippen molar-refractivity contribution < 1.29 is 31.1 Å². The van der Waals surface area contributed by atoms with Crippen molar-refractivity contribution >= 4 is 55.8 Å². The summed E-state index contributed by atoms with van der Waals surface area (Å²) >= 11 is 2.17. The monoisotopic (exact) mass is 724 g/mol. The number of carbonyl (C=O) groups excluding carboxylic acids is 1. The molecule has 7 rings (SSSR count). The molecule has 1 spiro atoms. The van der Waals surface area contributed by atoms with Crippen LogP contribution in [0, 0.1) is 5.41 Å². The van der Waals surface area contributed by atoms with E-state index in [1.807, 2.05) is 0 Å². The Hall–Kier alpha value is -3.83. The Balaban J connectivity index is 1.48. The van der Waals surface area contributed by atoms with Crippen molar-refractivity contribution in [1.29, 1.82) is 0 Å². The van der Waals surface area contributed by atoms with Gasteiger partial charge < -0.3 is 14.8 Å². The quantitative estimate of drug-likeness (QED) is 0.218. The minimum atomic E-state index is -4.91. The first-order valence-electron chi connectivity index (χ1n) is 15.4. The molecule has 0 radical (unpaired) electrons. The summed E-state index contributed by atoms with van der Waals surface area (Å²) in [5.41, 5.74) is -3.21. The van der Waals surface area contributed by atoms with Crippen LogP contribution in [-0.4, -0.2) is 87.0 Å². The van der Waals surface area contributed by atoms with Crippen LogP contribution >= 0.6 is 23.1 Å². The SMILES string of the molecule is C=CC(=O)N1[C@H](C)CN(c2nc(=O)n3c4c(c(-c5csc6cc[nH]c(=O)c56)c(C(F)(F)F)cc24)SCC2(CN(CC(F)(F)F)C2)C3)C[C@@H]1C. The van der Waals surface area contributed by atoms with E-state index in [1.54, 1.807) is 29.7 Å². The third-order valence-corrected chi connectivity index (χ3v) is 11.8. The van der Waals surface area contributed by atoms with Gasteiger partial charge in [0.25, 0.3) is 5.56 Å². The largest absolute Gasteiger partial charge is 0.417 e. The molecule has 49 heavy (non-hydrogen) atoms. The number of likely N-dealkylation sites (tertiary alicyclic amines) is 1. The molecule has 2 atom stereocenters. The van der Waals surface area contributed by atoms with Gasteiger partial charge in [-0.15, -0.1) is 23.1 Å². The van der Waals surface area contributed by atoms with Crippen molar-refractivity contribution in [3.05, 3.63) is 62.8 Å². The van der Waals surface area contributed by atoms with Crippen molar-refractivity contribution in [3.8, 4) is 11.1 Å². The van der Waals surface area contributed by atoms with Crippen molar-refractivity contribution in [3.63, 3.8) is 0 Å². The molecule has 9 nitrogen and oxygen atoms in total. The zero-order valence-electron chi connectivity index (χ0n) is 26.2. The van der Waals surface area contributed by atoms with E-state index in [-0.39, 0.29) is 82.5 Å². The van der Waals surface area contributed by atoms with Crippen molar-refractivity contribution in [2.45, 2.75) is 49.7 Å². The fourth-order valence-corrected chi connectivity index (χ4v) is 10.1. The first-order chi connectivity index (χ1) is 23.0. The smallest absolute Gasteiger partial charge is 0.352 e. The molecule has 2 fully saturated rings. The first kappa shape index (κ1) is 33.7. The zero-order valence-corrected chi connectivity index (χ0v) is 27.9. The summed E-state index contributed by atoms with van der Waals surface area (Å²) in [5.74, 6) is -0.142. The lowest BCUT2D eigenvalue weighted by molar-refractivity contribution is -0.168. The van der Waals surface area contributed by atoms with E-state index in [9.17, 15) is 27.6 Å². The van der Waals surface area contributed by atoms with Crippen molar-refractivity contribution in [1.82, 2.24) is 24.3 Å². The normalized spacial score (nSPS) is 21.3. The second-order valence-corrected chi connectivity index (χ2v) is 15.0. The summed E-state index contributed by atoms with van der Waals surface area (Å²) in [5, 5.41) is 1.62. The number of thiophene rings is 1. The van der Waals surface area contributed by atoms with E-state index in [1.165, 1.54) is 27.1 Å². The lowest BCUT2D eigenvalue weighted by Gasteiger charge is -2.50. The van der Waals surface area contributed by atoms with Crippen LogP contribution in [-0.2, 0) is 17.5 Å². The van der Waals surface area contributed by atoms with E-state index in [4.69, 9.17) is 0 Å². The molecular formula is C32H30F6N6O3S2. The fraction of sp³-hybridized carbons (Fsp3) is 0.438. The third-order valence-electron chi connectivity index (χ3n) is 9.45. The number of amides is 1. The summed E-state index contributed by atoms with van der Waals surface area (Å²) < 4.78 is 87.2. The van der Waals surface area contributed by atoms with Gasteiger partial charge in [-0.2, -0.15) is 31.3 Å². The van der Waals surface area contributed by atoms with Gasteiger partial charge in [-0.3, -0.25) is 19.1 Å². The lowest BCUT2D eigenvalue weighted by atomic mass is 9.81. The van der Waals surface area contributed by atoms with Crippen LogP contribution in [0.1, 0.15) is 19.4 Å². The average Bonchev–Trinajstić information content (AvgIpc) is 3.34. The Labute approximate surface area is 283 Å². The first-order valence-corrected chi connectivity index (χ1v) is 17.3. The fourth-order valence-electron chi connectivity index (χ4n) is 7.69. The Morgan fingerprint density at radius 3 is 2.45 bits per heavy atom. The summed E-state index contributed by atoms with van der Waals surface area (Å²) in [6, 6.07) is 1.76. The molecule has 1 N–H and O–H groups in total. The molecule has 1 aromatic carbocycles. The molecule has 0 bridgehead atoms. The van der Waals surface area contributed by atoms with Gasteiger partial charge in [-0.1, -0.05) is 6.58 Å². The highest BCUT2D eigenvalue weighted by Crippen LogP contribution is 2.52. The number of hydrogen-bond acceptors (Lipinski definition) is 8. The Kier molecular flexibility index (Phi) is 7.98. The molecule has 3 aromatic heterocycles. The maximum Gasteiger partial charge on any atom is 0.417 e. The number of thioether (sulfide) groups is 1. The number of nitrogens with one attached hydrogen (secondary N) is 1. The van der Waals surface area contributed by atoms with E-state index in [0.29, 0.717) is 4.70 Å². The predicted octanol–water partition coefficient (Wildman–Crippen LogP) is 5.57. The number of benzene rings is 1. The Bertz CT molecular complexity index is 2120. The molecule has 0 unspecified atom stereocenters. The topological polar surface area (TPSA) is 94.5 Å². The molecule has 2 saturated heterocycles.